The number of nitrogens with zero attached hydrogens (tertiary/aromatic N) is 2. The molecule has 15 heavy (non-hydrogen) atoms. The molecule has 1 aromatic rings. The zero-order valence-corrected chi connectivity index (χ0v) is 9.14. The summed E-state index contributed by atoms with van der Waals surface area (Å²) in [6.07, 6.45) is 1.81. The summed E-state index contributed by atoms with van der Waals surface area (Å²) in [6, 6.07) is 1.80. The van der Waals surface area contributed by atoms with Crippen LogP contribution in [0.1, 0.15) is 19.4 Å². The van der Waals surface area contributed by atoms with E-state index in [2.05, 4.69) is 10.2 Å². The summed E-state index contributed by atoms with van der Waals surface area (Å²) in [5.41, 5.74) is 6.38. The first-order valence-corrected chi connectivity index (χ1v) is 4.99. The Kier molecular flexibility index (Phi) is 5.00. The second kappa shape index (κ2) is 6.31. The smallest absolute Gasteiger partial charge is 0.238 e. The van der Waals surface area contributed by atoms with Crippen LogP contribution in [-0.2, 0) is 11.3 Å². The number of hydrogen-bond donors (Lipinski definition) is 1. The van der Waals surface area contributed by atoms with Gasteiger partial charge in [0, 0.05) is 12.1 Å². The molecule has 0 aliphatic heterocycles. The van der Waals surface area contributed by atoms with Crippen LogP contribution in [0.5, 0.6) is 5.88 Å². The first-order valence-electron chi connectivity index (χ1n) is 4.99. The van der Waals surface area contributed by atoms with Crippen molar-refractivity contribution in [3.8, 4) is 5.88 Å². The number of nitrogens with two attached hydrogens (primary N) is 1. The van der Waals surface area contributed by atoms with Gasteiger partial charge in [-0.15, -0.1) is 5.10 Å². The Bertz CT molecular complexity index is 292. The van der Waals surface area contributed by atoms with Crippen molar-refractivity contribution in [2.75, 3.05) is 13.2 Å². The minimum atomic E-state index is 0.212. The second-order valence-electron chi connectivity index (χ2n) is 3.33. The predicted octanol–water partition coefficient (Wildman–Crippen LogP) is 0.739. The topological polar surface area (TPSA) is 70.3 Å². The molecular formula is C10H17N3O2. The van der Waals surface area contributed by atoms with E-state index in [1.807, 2.05) is 13.8 Å². The molecule has 0 saturated carbocycles. The summed E-state index contributed by atoms with van der Waals surface area (Å²) in [6.45, 7) is 5.36. The maximum Gasteiger partial charge on any atom is 0.238 e. The third-order valence-corrected chi connectivity index (χ3v) is 1.76. The van der Waals surface area contributed by atoms with Crippen molar-refractivity contribution in [1.29, 1.82) is 0 Å². The van der Waals surface area contributed by atoms with Crippen LogP contribution in [-0.4, -0.2) is 29.5 Å². The molecule has 0 fully saturated rings. The van der Waals surface area contributed by atoms with Gasteiger partial charge in [0.1, 0.15) is 6.61 Å². The average Bonchev–Trinajstić information content (AvgIpc) is 2.24. The standard InChI is InChI=1S/C10H17N3O2/c1-8(2)14-5-6-15-10-9(7-11)3-4-12-13-10/h3-4,8H,5-7,11H2,1-2H3. The molecule has 0 amide bonds. The van der Waals surface area contributed by atoms with Crippen LogP contribution in [0.25, 0.3) is 0 Å². The highest BCUT2D eigenvalue weighted by Gasteiger charge is 2.03. The fourth-order valence-electron chi connectivity index (χ4n) is 1.04. The van der Waals surface area contributed by atoms with Crippen molar-refractivity contribution >= 4 is 0 Å². The van der Waals surface area contributed by atoms with Crippen LogP contribution in [0.2, 0.25) is 0 Å². The third-order valence-electron chi connectivity index (χ3n) is 1.76. The molecule has 5 nitrogen and oxygen atoms in total. The minimum absolute atomic E-state index is 0.212. The molecule has 84 valence electrons. The summed E-state index contributed by atoms with van der Waals surface area (Å²) in [4.78, 5) is 0. The summed E-state index contributed by atoms with van der Waals surface area (Å²) in [7, 11) is 0. The van der Waals surface area contributed by atoms with E-state index in [-0.39, 0.29) is 6.10 Å². The van der Waals surface area contributed by atoms with Crippen molar-refractivity contribution in [3.05, 3.63) is 17.8 Å². The van der Waals surface area contributed by atoms with Gasteiger partial charge in [-0.05, 0) is 19.9 Å². The van der Waals surface area contributed by atoms with E-state index >= 15 is 0 Å². The van der Waals surface area contributed by atoms with Gasteiger partial charge < -0.3 is 15.2 Å². The first kappa shape index (κ1) is 11.9. The monoisotopic (exact) mass is 211 g/mol. The van der Waals surface area contributed by atoms with E-state index in [1.165, 1.54) is 0 Å². The summed E-state index contributed by atoms with van der Waals surface area (Å²) in [5.74, 6) is 0.493. The zero-order chi connectivity index (χ0) is 11.1. The number of rotatable bonds is 6. The molecule has 1 heterocycles. The largest absolute Gasteiger partial charge is 0.474 e. The van der Waals surface area contributed by atoms with Gasteiger partial charge >= 0.3 is 0 Å². The summed E-state index contributed by atoms with van der Waals surface area (Å²) >= 11 is 0. The molecule has 1 aromatic heterocycles. The molecule has 1 rings (SSSR count). The fraction of sp³-hybridized carbons (Fsp3) is 0.600. The van der Waals surface area contributed by atoms with Crippen molar-refractivity contribution < 1.29 is 9.47 Å². The van der Waals surface area contributed by atoms with E-state index in [4.69, 9.17) is 15.2 Å². The lowest BCUT2D eigenvalue weighted by molar-refractivity contribution is 0.0538. The van der Waals surface area contributed by atoms with E-state index in [9.17, 15) is 0 Å². The molecule has 0 atom stereocenters. The molecule has 0 aliphatic rings. The molecular weight excluding hydrogens is 194 g/mol. The molecule has 0 unspecified atom stereocenters. The van der Waals surface area contributed by atoms with Crippen molar-refractivity contribution in [2.24, 2.45) is 5.73 Å². The van der Waals surface area contributed by atoms with Gasteiger partial charge in [0.2, 0.25) is 5.88 Å². The summed E-state index contributed by atoms with van der Waals surface area (Å²) < 4.78 is 10.7. The quantitative estimate of drug-likeness (QED) is 0.703. The zero-order valence-electron chi connectivity index (χ0n) is 9.14. The number of hydrogen-bond acceptors (Lipinski definition) is 5. The van der Waals surface area contributed by atoms with E-state index in [1.54, 1.807) is 12.3 Å². The van der Waals surface area contributed by atoms with E-state index < -0.39 is 0 Å². The lowest BCUT2D eigenvalue weighted by Gasteiger charge is -2.09. The van der Waals surface area contributed by atoms with Crippen LogP contribution < -0.4 is 10.5 Å². The van der Waals surface area contributed by atoms with Gasteiger partial charge in [-0.2, -0.15) is 5.10 Å². The molecule has 0 bridgehead atoms. The Hall–Kier alpha value is -1.20. The molecule has 0 aromatic carbocycles. The maximum absolute atomic E-state index is 5.52. The van der Waals surface area contributed by atoms with Crippen LogP contribution in [0.4, 0.5) is 0 Å². The predicted molar refractivity (Wildman–Crippen MR) is 56.5 cm³/mol. The van der Waals surface area contributed by atoms with Crippen molar-refractivity contribution in [3.63, 3.8) is 0 Å². The highest BCUT2D eigenvalue weighted by atomic mass is 16.5. The van der Waals surface area contributed by atoms with Crippen LogP contribution in [0, 0.1) is 0 Å². The fourth-order valence-corrected chi connectivity index (χ4v) is 1.04. The Labute approximate surface area is 89.6 Å². The van der Waals surface area contributed by atoms with Gasteiger partial charge in [-0.1, -0.05) is 0 Å². The third kappa shape index (κ3) is 4.22. The van der Waals surface area contributed by atoms with Gasteiger partial charge in [-0.25, -0.2) is 0 Å². The molecule has 0 radical (unpaired) electrons. The number of aromatic nitrogens is 2. The first-order chi connectivity index (χ1) is 7.24. The Morgan fingerprint density at radius 2 is 2.20 bits per heavy atom. The Balaban J connectivity index is 2.36. The van der Waals surface area contributed by atoms with Crippen molar-refractivity contribution in [1.82, 2.24) is 10.2 Å². The maximum atomic E-state index is 5.52. The van der Waals surface area contributed by atoms with Crippen molar-refractivity contribution in [2.45, 2.75) is 26.5 Å². The highest BCUT2D eigenvalue weighted by Crippen LogP contribution is 2.11. The number of ether oxygens (including phenoxy) is 2. The SMILES string of the molecule is CC(C)OCCOc1nnccc1CN. The van der Waals surface area contributed by atoms with Crippen LogP contribution in [0.3, 0.4) is 0 Å². The second-order valence-corrected chi connectivity index (χ2v) is 3.33. The molecule has 0 aliphatic carbocycles. The Morgan fingerprint density at radius 1 is 1.40 bits per heavy atom. The van der Waals surface area contributed by atoms with Gasteiger partial charge in [-0.3, -0.25) is 0 Å². The van der Waals surface area contributed by atoms with Gasteiger partial charge in [0.05, 0.1) is 18.9 Å². The van der Waals surface area contributed by atoms with E-state index in [0.717, 1.165) is 5.56 Å². The highest BCUT2D eigenvalue weighted by molar-refractivity contribution is 5.22. The molecule has 0 spiro atoms. The van der Waals surface area contributed by atoms with Crippen LogP contribution >= 0.6 is 0 Å². The summed E-state index contributed by atoms with van der Waals surface area (Å²) in [5, 5.41) is 7.59. The van der Waals surface area contributed by atoms with Gasteiger partial charge in [0.15, 0.2) is 0 Å². The minimum Gasteiger partial charge on any atom is -0.474 e. The lowest BCUT2D eigenvalue weighted by Crippen LogP contribution is -2.13. The lowest BCUT2D eigenvalue weighted by atomic mass is 10.3. The molecule has 2 N–H and O–H groups in total. The van der Waals surface area contributed by atoms with Crippen LogP contribution in [0.15, 0.2) is 12.3 Å². The molecule has 5 heteroatoms. The molecule has 0 saturated heterocycles. The average molecular weight is 211 g/mol. The van der Waals surface area contributed by atoms with E-state index in [0.29, 0.717) is 25.6 Å². The van der Waals surface area contributed by atoms with Gasteiger partial charge in [0.25, 0.3) is 0 Å². The Morgan fingerprint density at radius 3 is 2.87 bits per heavy atom. The normalized spacial score (nSPS) is 10.7.